The first-order chi connectivity index (χ1) is 9.63. The molecule has 1 amide bonds. The highest BCUT2D eigenvalue weighted by Crippen LogP contribution is 2.27. The van der Waals surface area contributed by atoms with E-state index in [9.17, 15) is 9.59 Å². The highest BCUT2D eigenvalue weighted by molar-refractivity contribution is 5.77. The second kappa shape index (κ2) is 9.78. The molecular formula is C16H29NO3. The van der Waals surface area contributed by atoms with Gasteiger partial charge in [0.25, 0.3) is 0 Å². The molecule has 4 heteroatoms. The van der Waals surface area contributed by atoms with Gasteiger partial charge >= 0.3 is 5.97 Å². The molecule has 1 N–H and O–H groups in total. The number of hydrogen-bond donors (Lipinski definition) is 1. The van der Waals surface area contributed by atoms with E-state index in [1.165, 1.54) is 32.1 Å². The van der Waals surface area contributed by atoms with Crippen LogP contribution in [0, 0.1) is 5.92 Å². The van der Waals surface area contributed by atoms with Crippen LogP contribution >= 0.6 is 0 Å². The fourth-order valence-corrected chi connectivity index (χ4v) is 2.90. The van der Waals surface area contributed by atoms with Gasteiger partial charge in [0.2, 0.25) is 5.91 Å². The van der Waals surface area contributed by atoms with Crippen molar-refractivity contribution in [1.29, 1.82) is 0 Å². The predicted molar refractivity (Wildman–Crippen MR) is 79.5 cm³/mol. The SMILES string of the molecule is CCCCN(CCC(=O)O)C(=O)CCC1CCCCC1. The molecule has 0 spiro atoms. The molecule has 0 heterocycles. The van der Waals surface area contributed by atoms with Crippen molar-refractivity contribution in [3.8, 4) is 0 Å². The Morgan fingerprint density at radius 1 is 1.10 bits per heavy atom. The van der Waals surface area contributed by atoms with Gasteiger partial charge in [0.15, 0.2) is 0 Å². The van der Waals surface area contributed by atoms with E-state index >= 15 is 0 Å². The lowest BCUT2D eigenvalue weighted by Gasteiger charge is -2.25. The molecule has 0 unspecified atom stereocenters. The molecule has 0 aromatic heterocycles. The summed E-state index contributed by atoms with van der Waals surface area (Å²) in [5.74, 6) is 0.0250. The fraction of sp³-hybridized carbons (Fsp3) is 0.875. The third-order valence-corrected chi connectivity index (χ3v) is 4.22. The van der Waals surface area contributed by atoms with Crippen molar-refractivity contribution in [2.24, 2.45) is 5.92 Å². The summed E-state index contributed by atoms with van der Waals surface area (Å²) in [4.78, 5) is 24.7. The lowest BCUT2D eigenvalue weighted by Crippen LogP contribution is -2.34. The molecule has 1 aliphatic carbocycles. The van der Waals surface area contributed by atoms with Crippen molar-refractivity contribution in [2.45, 2.75) is 71.1 Å². The van der Waals surface area contributed by atoms with Gasteiger partial charge in [-0.1, -0.05) is 45.4 Å². The third-order valence-electron chi connectivity index (χ3n) is 4.22. The largest absolute Gasteiger partial charge is 0.481 e. The Bertz CT molecular complexity index is 298. The molecule has 1 saturated carbocycles. The summed E-state index contributed by atoms with van der Waals surface area (Å²) in [6.45, 7) is 3.15. The Labute approximate surface area is 122 Å². The van der Waals surface area contributed by atoms with Gasteiger partial charge in [-0.15, -0.1) is 0 Å². The molecule has 0 bridgehead atoms. The van der Waals surface area contributed by atoms with Crippen LogP contribution in [0.5, 0.6) is 0 Å². The highest BCUT2D eigenvalue weighted by Gasteiger charge is 2.18. The van der Waals surface area contributed by atoms with Crippen molar-refractivity contribution in [3.05, 3.63) is 0 Å². The smallest absolute Gasteiger partial charge is 0.305 e. The molecule has 1 fully saturated rings. The average Bonchev–Trinajstić information content (AvgIpc) is 2.45. The summed E-state index contributed by atoms with van der Waals surface area (Å²) in [7, 11) is 0. The predicted octanol–water partition coefficient (Wildman–Crippen LogP) is 3.45. The van der Waals surface area contributed by atoms with Crippen LogP contribution < -0.4 is 0 Å². The van der Waals surface area contributed by atoms with E-state index in [0.717, 1.165) is 19.3 Å². The van der Waals surface area contributed by atoms with Crippen molar-refractivity contribution in [3.63, 3.8) is 0 Å². The summed E-state index contributed by atoms with van der Waals surface area (Å²) < 4.78 is 0. The molecule has 1 aliphatic rings. The van der Waals surface area contributed by atoms with Crippen molar-refractivity contribution >= 4 is 11.9 Å². The molecule has 0 aromatic rings. The van der Waals surface area contributed by atoms with Gasteiger partial charge in [-0.3, -0.25) is 9.59 Å². The molecule has 1 rings (SSSR count). The molecule has 116 valence electrons. The first kappa shape index (κ1) is 17.0. The molecule has 4 nitrogen and oxygen atoms in total. The van der Waals surface area contributed by atoms with Crippen LogP contribution in [0.3, 0.4) is 0 Å². The number of carboxylic acid groups (broad SMARTS) is 1. The van der Waals surface area contributed by atoms with Gasteiger partial charge in [-0.05, 0) is 18.8 Å². The Balaban J connectivity index is 2.34. The van der Waals surface area contributed by atoms with Crippen molar-refractivity contribution in [2.75, 3.05) is 13.1 Å². The van der Waals surface area contributed by atoms with Crippen molar-refractivity contribution in [1.82, 2.24) is 4.90 Å². The van der Waals surface area contributed by atoms with E-state index in [2.05, 4.69) is 6.92 Å². The number of aliphatic carboxylic acids is 1. The number of carbonyl (C=O) groups excluding carboxylic acids is 1. The molecule has 20 heavy (non-hydrogen) atoms. The van der Waals surface area contributed by atoms with Gasteiger partial charge in [-0.2, -0.15) is 0 Å². The maximum atomic E-state index is 12.2. The minimum absolute atomic E-state index is 0.0544. The number of amides is 1. The summed E-state index contributed by atoms with van der Waals surface area (Å²) >= 11 is 0. The summed E-state index contributed by atoms with van der Waals surface area (Å²) in [5.41, 5.74) is 0. The molecule has 0 atom stereocenters. The average molecular weight is 283 g/mol. The molecule has 0 aromatic carbocycles. The van der Waals surface area contributed by atoms with Crippen LogP contribution in [0.1, 0.15) is 71.1 Å². The van der Waals surface area contributed by atoms with Crippen LogP contribution in [-0.2, 0) is 9.59 Å². The fourth-order valence-electron chi connectivity index (χ4n) is 2.90. The number of hydrogen-bond acceptors (Lipinski definition) is 2. The lowest BCUT2D eigenvalue weighted by molar-refractivity contribution is -0.138. The van der Waals surface area contributed by atoms with Gasteiger partial charge in [0.1, 0.15) is 0 Å². The lowest BCUT2D eigenvalue weighted by atomic mass is 9.86. The monoisotopic (exact) mass is 283 g/mol. The maximum Gasteiger partial charge on any atom is 0.305 e. The quantitative estimate of drug-likeness (QED) is 0.705. The third kappa shape index (κ3) is 6.92. The summed E-state index contributed by atoms with van der Waals surface area (Å²) in [5, 5.41) is 8.77. The van der Waals surface area contributed by atoms with E-state index < -0.39 is 5.97 Å². The summed E-state index contributed by atoms with van der Waals surface area (Å²) in [6.07, 6.45) is 10.1. The van der Waals surface area contributed by atoms with Gasteiger partial charge in [0, 0.05) is 19.5 Å². The molecular weight excluding hydrogens is 254 g/mol. The zero-order valence-electron chi connectivity index (χ0n) is 12.8. The Morgan fingerprint density at radius 3 is 2.40 bits per heavy atom. The number of nitrogens with zero attached hydrogens (tertiary/aromatic N) is 1. The molecule has 0 saturated heterocycles. The standard InChI is InChI=1S/C16H29NO3/c1-2-3-12-17(13-11-16(19)20)15(18)10-9-14-7-5-4-6-8-14/h14H,2-13H2,1H3,(H,19,20). The zero-order valence-corrected chi connectivity index (χ0v) is 12.8. The van der Waals surface area contributed by atoms with E-state index in [4.69, 9.17) is 5.11 Å². The Hall–Kier alpha value is -1.06. The van der Waals surface area contributed by atoms with Gasteiger partial charge in [-0.25, -0.2) is 0 Å². The normalized spacial score (nSPS) is 16.1. The molecule has 0 radical (unpaired) electrons. The van der Waals surface area contributed by atoms with Crippen LogP contribution in [0.4, 0.5) is 0 Å². The Morgan fingerprint density at radius 2 is 1.80 bits per heavy atom. The zero-order chi connectivity index (χ0) is 14.8. The van der Waals surface area contributed by atoms with Crippen LogP contribution in [0.2, 0.25) is 0 Å². The van der Waals surface area contributed by atoms with Gasteiger partial charge < -0.3 is 10.0 Å². The maximum absolute atomic E-state index is 12.2. The topological polar surface area (TPSA) is 57.6 Å². The van der Waals surface area contributed by atoms with Crippen LogP contribution in [-0.4, -0.2) is 35.0 Å². The minimum Gasteiger partial charge on any atom is -0.481 e. The highest BCUT2D eigenvalue weighted by atomic mass is 16.4. The second-order valence-electron chi connectivity index (χ2n) is 5.92. The molecule has 0 aliphatic heterocycles. The number of rotatable bonds is 9. The van der Waals surface area contributed by atoms with E-state index in [1.54, 1.807) is 4.90 Å². The van der Waals surface area contributed by atoms with Crippen molar-refractivity contribution < 1.29 is 14.7 Å². The second-order valence-corrected chi connectivity index (χ2v) is 5.92. The van der Waals surface area contributed by atoms with E-state index in [0.29, 0.717) is 25.4 Å². The van der Waals surface area contributed by atoms with E-state index in [-0.39, 0.29) is 12.3 Å². The minimum atomic E-state index is -0.827. The number of carboxylic acids is 1. The number of unbranched alkanes of at least 4 members (excludes halogenated alkanes) is 1. The Kier molecular flexibility index (Phi) is 8.31. The number of carbonyl (C=O) groups is 2. The summed E-state index contributed by atoms with van der Waals surface area (Å²) in [6, 6.07) is 0. The first-order valence-corrected chi connectivity index (χ1v) is 8.13. The first-order valence-electron chi connectivity index (χ1n) is 8.13. The van der Waals surface area contributed by atoms with E-state index in [1.807, 2.05) is 0 Å². The van der Waals surface area contributed by atoms with Crippen LogP contribution in [0.25, 0.3) is 0 Å². The van der Waals surface area contributed by atoms with Crippen LogP contribution in [0.15, 0.2) is 0 Å². The van der Waals surface area contributed by atoms with Gasteiger partial charge in [0.05, 0.1) is 6.42 Å².